The smallest absolute Gasteiger partial charge is 0.303 e. The predicted octanol–water partition coefficient (Wildman–Crippen LogP) is 5.76. The van der Waals surface area contributed by atoms with E-state index in [1.807, 2.05) is 33.0 Å². The van der Waals surface area contributed by atoms with Gasteiger partial charge in [0.2, 0.25) is 0 Å². The Balaban J connectivity index is 2.04. The van der Waals surface area contributed by atoms with Crippen molar-refractivity contribution in [3.63, 3.8) is 0 Å². The van der Waals surface area contributed by atoms with Crippen LogP contribution in [0.25, 0.3) is 16.5 Å². The van der Waals surface area contributed by atoms with Gasteiger partial charge in [-0.25, -0.2) is 4.98 Å². The molecule has 0 unspecified atom stereocenters. The Kier molecular flexibility index (Phi) is 6.36. The number of benzene rings is 2. The van der Waals surface area contributed by atoms with E-state index < -0.39 is 10.7 Å². The SMILES string of the molecule is Cc1cnc(SC(C)(C)C(=O)CCC(=O)O)n1-c1ccc(C(C)C)c2ccccc12. The number of hydrogen-bond donors (Lipinski definition) is 1. The molecule has 0 aliphatic carbocycles. The van der Waals surface area contributed by atoms with Crippen molar-refractivity contribution < 1.29 is 14.7 Å². The maximum Gasteiger partial charge on any atom is 0.303 e. The average molecular weight is 425 g/mol. The average Bonchev–Trinajstić information content (AvgIpc) is 3.04. The summed E-state index contributed by atoms with van der Waals surface area (Å²) >= 11 is 1.38. The third kappa shape index (κ3) is 4.43. The van der Waals surface area contributed by atoms with E-state index in [9.17, 15) is 9.59 Å². The van der Waals surface area contributed by atoms with Crippen molar-refractivity contribution in [1.82, 2.24) is 9.55 Å². The zero-order chi connectivity index (χ0) is 22.1. The number of rotatable bonds is 8. The molecular formula is C24H28N2O3S. The molecule has 0 fully saturated rings. The van der Waals surface area contributed by atoms with E-state index >= 15 is 0 Å². The number of Topliss-reactive ketones (excluding diaryl/α,β-unsaturated/α-hetero) is 1. The normalized spacial score (nSPS) is 11.9. The molecule has 0 amide bonds. The minimum absolute atomic E-state index is 0.0149. The Labute approximate surface area is 181 Å². The Morgan fingerprint density at radius 1 is 1.10 bits per heavy atom. The number of carbonyl (C=O) groups excluding carboxylic acids is 1. The second kappa shape index (κ2) is 8.64. The van der Waals surface area contributed by atoms with Crippen LogP contribution in [0.4, 0.5) is 0 Å². The van der Waals surface area contributed by atoms with E-state index in [4.69, 9.17) is 5.11 Å². The molecule has 6 heteroatoms. The van der Waals surface area contributed by atoms with E-state index in [-0.39, 0.29) is 18.6 Å². The highest BCUT2D eigenvalue weighted by atomic mass is 32.2. The van der Waals surface area contributed by atoms with Crippen LogP contribution in [0.5, 0.6) is 0 Å². The summed E-state index contributed by atoms with van der Waals surface area (Å²) in [5, 5.41) is 12.0. The van der Waals surface area contributed by atoms with Crippen molar-refractivity contribution in [2.75, 3.05) is 0 Å². The molecule has 2 aromatic carbocycles. The second-order valence-corrected chi connectivity index (χ2v) is 9.91. The minimum atomic E-state index is -0.960. The number of nitrogens with zero attached hydrogens (tertiary/aromatic N) is 2. The molecule has 0 saturated carbocycles. The van der Waals surface area contributed by atoms with Gasteiger partial charge in [-0.1, -0.05) is 55.9 Å². The van der Waals surface area contributed by atoms with Crippen molar-refractivity contribution in [2.24, 2.45) is 0 Å². The summed E-state index contributed by atoms with van der Waals surface area (Å²) in [6.07, 6.45) is 1.67. The van der Waals surface area contributed by atoms with Crippen molar-refractivity contribution in [2.45, 2.75) is 63.3 Å². The maximum absolute atomic E-state index is 12.6. The monoisotopic (exact) mass is 424 g/mol. The highest BCUT2D eigenvalue weighted by molar-refractivity contribution is 8.01. The number of ketones is 1. The molecule has 158 valence electrons. The fraction of sp³-hybridized carbons (Fsp3) is 0.375. The largest absolute Gasteiger partial charge is 0.481 e. The molecule has 0 aliphatic rings. The topological polar surface area (TPSA) is 72.2 Å². The van der Waals surface area contributed by atoms with Crippen molar-refractivity contribution in [3.8, 4) is 5.69 Å². The van der Waals surface area contributed by atoms with Gasteiger partial charge in [-0.3, -0.25) is 14.2 Å². The van der Waals surface area contributed by atoms with E-state index in [0.29, 0.717) is 5.92 Å². The fourth-order valence-electron chi connectivity index (χ4n) is 3.59. The Hall–Kier alpha value is -2.60. The highest BCUT2D eigenvalue weighted by Gasteiger charge is 2.31. The van der Waals surface area contributed by atoms with Gasteiger partial charge in [-0.2, -0.15) is 0 Å². The van der Waals surface area contributed by atoms with Gasteiger partial charge in [-0.15, -0.1) is 0 Å². The van der Waals surface area contributed by atoms with Crippen LogP contribution in [0, 0.1) is 6.92 Å². The molecule has 1 N–H and O–H groups in total. The van der Waals surface area contributed by atoms with E-state index in [2.05, 4.69) is 53.7 Å². The standard InChI is InChI=1S/C24H28N2O3S/c1-15(2)17-10-11-20(19-9-7-6-8-18(17)19)26-16(3)14-25-23(26)30-24(4,5)21(27)12-13-22(28)29/h6-11,14-15H,12-13H2,1-5H3,(H,28,29). The van der Waals surface area contributed by atoms with Crippen molar-refractivity contribution >= 4 is 34.3 Å². The number of thioether (sulfide) groups is 1. The quantitative estimate of drug-likeness (QED) is 0.465. The zero-order valence-electron chi connectivity index (χ0n) is 18.1. The third-order valence-electron chi connectivity index (χ3n) is 5.29. The molecule has 1 heterocycles. The van der Waals surface area contributed by atoms with Gasteiger partial charge in [0.05, 0.1) is 16.9 Å². The van der Waals surface area contributed by atoms with E-state index in [1.54, 1.807) is 0 Å². The number of imidazole rings is 1. The molecule has 0 atom stereocenters. The first-order valence-corrected chi connectivity index (χ1v) is 10.9. The molecule has 0 spiro atoms. The number of fused-ring (bicyclic) bond motifs is 1. The third-order valence-corrected chi connectivity index (χ3v) is 6.50. The zero-order valence-corrected chi connectivity index (χ0v) is 18.9. The Morgan fingerprint density at radius 3 is 2.40 bits per heavy atom. The first-order valence-electron chi connectivity index (χ1n) is 10.1. The number of carbonyl (C=O) groups is 2. The van der Waals surface area contributed by atoms with Gasteiger partial charge in [0.25, 0.3) is 0 Å². The summed E-state index contributed by atoms with van der Waals surface area (Å²) in [5.41, 5.74) is 3.31. The second-order valence-electron chi connectivity index (χ2n) is 8.32. The summed E-state index contributed by atoms with van der Waals surface area (Å²) in [6.45, 7) is 10.0. The van der Waals surface area contributed by atoms with E-state index in [0.717, 1.165) is 21.9 Å². The predicted molar refractivity (Wildman–Crippen MR) is 122 cm³/mol. The fourth-order valence-corrected chi connectivity index (χ4v) is 4.70. The summed E-state index contributed by atoms with van der Waals surface area (Å²) < 4.78 is 1.31. The number of carboxylic acid groups (broad SMARTS) is 1. The summed E-state index contributed by atoms with van der Waals surface area (Å²) in [6, 6.07) is 12.6. The minimum Gasteiger partial charge on any atom is -0.481 e. The summed E-state index contributed by atoms with van der Waals surface area (Å²) in [4.78, 5) is 28.1. The summed E-state index contributed by atoms with van der Waals surface area (Å²) in [5.74, 6) is -0.646. The number of carboxylic acids is 1. The van der Waals surface area contributed by atoms with Gasteiger partial charge < -0.3 is 5.11 Å². The lowest BCUT2D eigenvalue weighted by Crippen LogP contribution is -2.28. The van der Waals surface area contributed by atoms with Crippen LogP contribution in [-0.4, -0.2) is 31.2 Å². The van der Waals surface area contributed by atoms with Gasteiger partial charge in [0.15, 0.2) is 5.16 Å². The van der Waals surface area contributed by atoms with Crippen LogP contribution < -0.4 is 0 Å². The van der Waals surface area contributed by atoms with Crippen LogP contribution in [0.15, 0.2) is 47.8 Å². The Bertz CT molecular complexity index is 1100. The van der Waals surface area contributed by atoms with Crippen molar-refractivity contribution in [3.05, 3.63) is 53.9 Å². The summed E-state index contributed by atoms with van der Waals surface area (Å²) in [7, 11) is 0. The lowest BCUT2D eigenvalue weighted by molar-refractivity contribution is -0.138. The lowest BCUT2D eigenvalue weighted by Gasteiger charge is -2.23. The maximum atomic E-state index is 12.6. The molecule has 0 aliphatic heterocycles. The molecule has 3 rings (SSSR count). The van der Waals surface area contributed by atoms with E-state index in [1.165, 1.54) is 22.7 Å². The number of hydrogen-bond acceptors (Lipinski definition) is 4. The molecule has 5 nitrogen and oxygen atoms in total. The van der Waals surface area contributed by atoms with Crippen molar-refractivity contribution in [1.29, 1.82) is 0 Å². The first kappa shape index (κ1) is 22.1. The van der Waals surface area contributed by atoms with Gasteiger partial charge >= 0.3 is 5.97 Å². The van der Waals surface area contributed by atoms with Crippen LogP contribution in [0.1, 0.15) is 57.7 Å². The molecular weight excluding hydrogens is 396 g/mol. The first-order chi connectivity index (χ1) is 14.1. The molecule has 30 heavy (non-hydrogen) atoms. The van der Waals surface area contributed by atoms with Gasteiger partial charge in [0.1, 0.15) is 5.78 Å². The van der Waals surface area contributed by atoms with Crippen LogP contribution in [0.2, 0.25) is 0 Å². The van der Waals surface area contributed by atoms with Crippen LogP contribution >= 0.6 is 11.8 Å². The number of aromatic nitrogens is 2. The highest BCUT2D eigenvalue weighted by Crippen LogP contribution is 2.38. The molecule has 0 saturated heterocycles. The number of aryl methyl sites for hydroxylation is 1. The number of aliphatic carboxylic acids is 1. The molecule has 0 bridgehead atoms. The van der Waals surface area contributed by atoms with Crippen LogP contribution in [0.3, 0.4) is 0 Å². The van der Waals surface area contributed by atoms with Gasteiger partial charge in [0, 0.05) is 23.7 Å². The van der Waals surface area contributed by atoms with Crippen LogP contribution in [-0.2, 0) is 9.59 Å². The molecule has 0 radical (unpaired) electrons. The van der Waals surface area contributed by atoms with Gasteiger partial charge in [-0.05, 0) is 43.7 Å². The Morgan fingerprint density at radius 2 is 1.77 bits per heavy atom. The molecule has 1 aromatic heterocycles. The lowest BCUT2D eigenvalue weighted by atomic mass is 9.95. The molecule has 3 aromatic rings.